The third-order valence-electron chi connectivity index (χ3n) is 2.20. The monoisotopic (exact) mass is 223 g/mol. The highest BCUT2D eigenvalue weighted by Crippen LogP contribution is 2.19. The molecule has 0 radical (unpaired) electrons. The Morgan fingerprint density at radius 2 is 1.88 bits per heavy atom. The predicted octanol–water partition coefficient (Wildman–Crippen LogP) is 2.63. The number of nitrogens with zero attached hydrogens (tertiary/aromatic N) is 3. The van der Waals surface area contributed by atoms with Gasteiger partial charge < -0.3 is 4.57 Å². The van der Waals surface area contributed by atoms with Crippen molar-refractivity contribution in [1.29, 1.82) is 0 Å². The van der Waals surface area contributed by atoms with Crippen LogP contribution in [0, 0.1) is 11.6 Å². The summed E-state index contributed by atoms with van der Waals surface area (Å²) in [5.74, 6) is -0.734. The van der Waals surface area contributed by atoms with Crippen molar-refractivity contribution in [2.45, 2.75) is 19.9 Å². The van der Waals surface area contributed by atoms with Crippen LogP contribution in [0.1, 0.15) is 13.3 Å². The maximum Gasteiger partial charge on any atom is 0.163 e. The summed E-state index contributed by atoms with van der Waals surface area (Å²) in [5, 5.41) is 7.61. The molecule has 0 aliphatic carbocycles. The topological polar surface area (TPSA) is 30.7 Å². The Bertz CT molecular complexity index is 473. The molecule has 16 heavy (non-hydrogen) atoms. The van der Waals surface area contributed by atoms with Crippen molar-refractivity contribution in [3.63, 3.8) is 0 Å². The quantitative estimate of drug-likeness (QED) is 0.800. The van der Waals surface area contributed by atoms with E-state index in [1.807, 2.05) is 6.92 Å². The molecule has 0 aliphatic heterocycles. The lowest BCUT2D eigenvalue weighted by Crippen LogP contribution is -1.99. The number of halogens is 2. The van der Waals surface area contributed by atoms with Crippen LogP contribution in [0.4, 0.5) is 8.78 Å². The van der Waals surface area contributed by atoms with Gasteiger partial charge in [0, 0.05) is 18.2 Å². The minimum atomic E-state index is -0.610. The number of hydrogen-bond acceptors (Lipinski definition) is 2. The van der Waals surface area contributed by atoms with E-state index in [9.17, 15) is 8.78 Å². The minimum Gasteiger partial charge on any atom is -0.314 e. The van der Waals surface area contributed by atoms with Crippen molar-refractivity contribution in [1.82, 2.24) is 14.8 Å². The van der Waals surface area contributed by atoms with Crippen molar-refractivity contribution in [2.24, 2.45) is 0 Å². The van der Waals surface area contributed by atoms with Crippen LogP contribution < -0.4 is 0 Å². The SMILES string of the molecule is CCCn1cnnc1-c1cc(F)cc(F)c1. The molecule has 0 saturated carbocycles. The van der Waals surface area contributed by atoms with Crippen LogP contribution >= 0.6 is 0 Å². The normalized spacial score (nSPS) is 10.7. The molecule has 84 valence electrons. The van der Waals surface area contributed by atoms with Crippen molar-refractivity contribution >= 4 is 0 Å². The molecule has 1 heterocycles. The van der Waals surface area contributed by atoms with E-state index in [0.29, 0.717) is 11.4 Å². The third kappa shape index (κ3) is 2.08. The molecule has 0 amide bonds. The van der Waals surface area contributed by atoms with Gasteiger partial charge in [-0.2, -0.15) is 0 Å². The fraction of sp³-hybridized carbons (Fsp3) is 0.273. The minimum absolute atomic E-state index is 0.406. The van der Waals surface area contributed by atoms with Gasteiger partial charge in [-0.05, 0) is 18.6 Å². The Morgan fingerprint density at radius 1 is 1.19 bits per heavy atom. The third-order valence-corrected chi connectivity index (χ3v) is 2.20. The largest absolute Gasteiger partial charge is 0.314 e. The Hall–Kier alpha value is -1.78. The lowest BCUT2D eigenvalue weighted by molar-refractivity contribution is 0.583. The Morgan fingerprint density at radius 3 is 2.50 bits per heavy atom. The van der Waals surface area contributed by atoms with Gasteiger partial charge in [0.25, 0.3) is 0 Å². The van der Waals surface area contributed by atoms with Gasteiger partial charge in [-0.25, -0.2) is 8.78 Å². The predicted molar refractivity (Wildman–Crippen MR) is 55.7 cm³/mol. The first-order valence-electron chi connectivity index (χ1n) is 5.05. The van der Waals surface area contributed by atoms with Gasteiger partial charge in [-0.3, -0.25) is 0 Å². The first-order valence-corrected chi connectivity index (χ1v) is 5.05. The molecule has 5 heteroatoms. The molecule has 0 saturated heterocycles. The molecule has 0 bridgehead atoms. The summed E-state index contributed by atoms with van der Waals surface area (Å²) < 4.78 is 27.9. The highest BCUT2D eigenvalue weighted by atomic mass is 19.1. The van der Waals surface area contributed by atoms with Crippen molar-refractivity contribution in [2.75, 3.05) is 0 Å². The second kappa shape index (κ2) is 4.38. The first kappa shape index (κ1) is 10.7. The van der Waals surface area contributed by atoms with Gasteiger partial charge in [-0.1, -0.05) is 6.92 Å². The van der Waals surface area contributed by atoms with E-state index in [1.165, 1.54) is 12.1 Å². The van der Waals surface area contributed by atoms with Gasteiger partial charge in [0.1, 0.15) is 18.0 Å². The molecule has 0 aliphatic rings. The molecular weight excluding hydrogens is 212 g/mol. The van der Waals surface area contributed by atoms with Gasteiger partial charge in [0.05, 0.1) is 0 Å². The molecule has 0 unspecified atom stereocenters. The summed E-state index contributed by atoms with van der Waals surface area (Å²) in [6.07, 6.45) is 2.46. The molecule has 0 spiro atoms. The van der Waals surface area contributed by atoms with E-state index in [1.54, 1.807) is 10.9 Å². The highest BCUT2D eigenvalue weighted by molar-refractivity contribution is 5.55. The van der Waals surface area contributed by atoms with E-state index in [4.69, 9.17) is 0 Å². The lowest BCUT2D eigenvalue weighted by Gasteiger charge is -2.04. The molecule has 0 atom stereocenters. The molecule has 1 aromatic carbocycles. The maximum absolute atomic E-state index is 13.0. The molecule has 2 aromatic rings. The van der Waals surface area contributed by atoms with Crippen LogP contribution in [-0.2, 0) is 6.54 Å². The molecule has 0 N–H and O–H groups in total. The van der Waals surface area contributed by atoms with E-state index in [2.05, 4.69) is 10.2 Å². The number of aromatic nitrogens is 3. The number of benzene rings is 1. The highest BCUT2D eigenvalue weighted by Gasteiger charge is 2.09. The zero-order valence-electron chi connectivity index (χ0n) is 8.82. The van der Waals surface area contributed by atoms with E-state index in [0.717, 1.165) is 19.0 Å². The zero-order valence-corrected chi connectivity index (χ0v) is 8.82. The smallest absolute Gasteiger partial charge is 0.163 e. The van der Waals surface area contributed by atoms with Crippen molar-refractivity contribution < 1.29 is 8.78 Å². The summed E-state index contributed by atoms with van der Waals surface area (Å²) in [5.41, 5.74) is 0.406. The van der Waals surface area contributed by atoms with Crippen LogP contribution in [0.5, 0.6) is 0 Å². The summed E-state index contributed by atoms with van der Waals surface area (Å²) in [4.78, 5) is 0. The Balaban J connectivity index is 2.45. The van der Waals surface area contributed by atoms with Crippen LogP contribution in [0.3, 0.4) is 0 Å². The number of hydrogen-bond donors (Lipinski definition) is 0. The maximum atomic E-state index is 13.0. The fourth-order valence-corrected chi connectivity index (χ4v) is 1.57. The van der Waals surface area contributed by atoms with Gasteiger partial charge in [0.15, 0.2) is 5.82 Å². The number of aryl methyl sites for hydroxylation is 1. The Kier molecular flexibility index (Phi) is 2.94. The summed E-state index contributed by atoms with van der Waals surface area (Å²) in [6, 6.07) is 3.34. The molecule has 3 nitrogen and oxygen atoms in total. The average molecular weight is 223 g/mol. The number of rotatable bonds is 3. The molecule has 1 aromatic heterocycles. The van der Waals surface area contributed by atoms with Crippen LogP contribution in [0.25, 0.3) is 11.4 Å². The average Bonchev–Trinajstić information content (AvgIpc) is 2.65. The lowest BCUT2D eigenvalue weighted by atomic mass is 10.2. The Labute approximate surface area is 91.7 Å². The van der Waals surface area contributed by atoms with Crippen LogP contribution in [0.2, 0.25) is 0 Å². The second-order valence-corrected chi connectivity index (χ2v) is 3.51. The summed E-state index contributed by atoms with van der Waals surface area (Å²) >= 11 is 0. The molecular formula is C11H11F2N3. The first-order chi connectivity index (χ1) is 7.70. The second-order valence-electron chi connectivity index (χ2n) is 3.51. The van der Waals surface area contributed by atoms with E-state index in [-0.39, 0.29) is 0 Å². The van der Waals surface area contributed by atoms with E-state index >= 15 is 0 Å². The standard InChI is InChI=1S/C11H11F2N3/c1-2-3-16-7-14-15-11(16)8-4-9(12)6-10(13)5-8/h4-7H,2-3H2,1H3. The summed E-state index contributed by atoms with van der Waals surface area (Å²) in [7, 11) is 0. The summed E-state index contributed by atoms with van der Waals surface area (Å²) in [6.45, 7) is 2.73. The van der Waals surface area contributed by atoms with Gasteiger partial charge in [-0.15, -0.1) is 10.2 Å². The fourth-order valence-electron chi connectivity index (χ4n) is 1.57. The van der Waals surface area contributed by atoms with Gasteiger partial charge in [0.2, 0.25) is 0 Å². The van der Waals surface area contributed by atoms with Crippen molar-refractivity contribution in [3.05, 3.63) is 36.2 Å². The van der Waals surface area contributed by atoms with Crippen LogP contribution in [0.15, 0.2) is 24.5 Å². The van der Waals surface area contributed by atoms with E-state index < -0.39 is 11.6 Å². The van der Waals surface area contributed by atoms with Crippen LogP contribution in [-0.4, -0.2) is 14.8 Å². The van der Waals surface area contributed by atoms with Crippen molar-refractivity contribution in [3.8, 4) is 11.4 Å². The zero-order chi connectivity index (χ0) is 11.5. The molecule has 0 fully saturated rings. The molecule has 2 rings (SSSR count). The van der Waals surface area contributed by atoms with Gasteiger partial charge >= 0.3 is 0 Å².